The first-order chi connectivity index (χ1) is 13.5. The molecule has 1 heterocycles. The molecular weight excluding hydrogens is 354 g/mol. The predicted molar refractivity (Wildman–Crippen MR) is 108 cm³/mol. The van der Waals surface area contributed by atoms with Crippen molar-refractivity contribution in [3.05, 3.63) is 77.7 Å². The Morgan fingerprint density at radius 1 is 1.04 bits per heavy atom. The van der Waals surface area contributed by atoms with Crippen LogP contribution in [-0.4, -0.2) is 22.0 Å². The van der Waals surface area contributed by atoms with Gasteiger partial charge in [-0.25, -0.2) is 4.98 Å². The highest BCUT2D eigenvalue weighted by atomic mass is 16.5. The lowest BCUT2D eigenvalue weighted by Gasteiger charge is -2.14. The van der Waals surface area contributed by atoms with Gasteiger partial charge in [0.05, 0.1) is 24.2 Å². The molecule has 3 rings (SSSR count). The Morgan fingerprint density at radius 3 is 2.46 bits per heavy atom. The third-order valence-corrected chi connectivity index (χ3v) is 3.78. The van der Waals surface area contributed by atoms with E-state index in [1.54, 1.807) is 24.4 Å². The van der Waals surface area contributed by atoms with Crippen LogP contribution in [0.5, 0.6) is 11.5 Å². The van der Waals surface area contributed by atoms with Crippen molar-refractivity contribution in [1.29, 1.82) is 0 Å². The highest BCUT2D eigenvalue weighted by Gasteiger charge is 2.12. The number of benzene rings is 2. The van der Waals surface area contributed by atoms with E-state index >= 15 is 0 Å². The topological polar surface area (TPSA) is 73.3 Å². The van der Waals surface area contributed by atoms with Gasteiger partial charge in [0.2, 0.25) is 0 Å². The number of anilines is 1. The molecule has 2 aromatic carbocycles. The molecule has 0 aliphatic carbocycles. The zero-order valence-corrected chi connectivity index (χ0v) is 16.2. The quantitative estimate of drug-likeness (QED) is 0.660. The van der Waals surface area contributed by atoms with Gasteiger partial charge >= 0.3 is 0 Å². The van der Waals surface area contributed by atoms with Crippen LogP contribution in [-0.2, 0) is 6.61 Å². The van der Waals surface area contributed by atoms with Crippen molar-refractivity contribution in [2.75, 3.05) is 5.32 Å². The van der Waals surface area contributed by atoms with Crippen LogP contribution in [0.1, 0.15) is 35.5 Å². The summed E-state index contributed by atoms with van der Waals surface area (Å²) < 4.78 is 11.7. The van der Waals surface area contributed by atoms with Gasteiger partial charge in [0.25, 0.3) is 5.91 Å². The highest BCUT2D eigenvalue weighted by molar-refractivity contribution is 6.04. The number of carbonyl (C=O) groups excluding carboxylic acids is 1. The van der Waals surface area contributed by atoms with Crippen LogP contribution in [0.2, 0.25) is 0 Å². The smallest absolute Gasteiger partial charge is 0.257 e. The lowest BCUT2D eigenvalue weighted by molar-refractivity contribution is 0.102. The summed E-state index contributed by atoms with van der Waals surface area (Å²) in [5.74, 6) is 1.21. The maximum atomic E-state index is 12.7. The maximum Gasteiger partial charge on any atom is 0.257 e. The summed E-state index contributed by atoms with van der Waals surface area (Å²) in [7, 11) is 0. The summed E-state index contributed by atoms with van der Waals surface area (Å²) >= 11 is 0. The number of nitrogens with one attached hydrogen (secondary N) is 1. The molecule has 0 atom stereocenters. The Kier molecular flexibility index (Phi) is 6.22. The number of ether oxygens (including phenoxy) is 2. The van der Waals surface area contributed by atoms with Gasteiger partial charge in [-0.2, -0.15) is 0 Å². The second-order valence-electron chi connectivity index (χ2n) is 6.63. The summed E-state index contributed by atoms with van der Waals surface area (Å²) in [5.41, 5.74) is 2.24. The molecule has 6 heteroatoms. The number of aromatic nitrogens is 2. The molecule has 0 spiro atoms. The molecule has 0 saturated heterocycles. The predicted octanol–water partition coefficient (Wildman–Crippen LogP) is 4.40. The summed E-state index contributed by atoms with van der Waals surface area (Å²) in [4.78, 5) is 21.0. The number of hydrogen-bond acceptors (Lipinski definition) is 5. The van der Waals surface area contributed by atoms with Gasteiger partial charge in [0, 0.05) is 11.6 Å². The SMILES string of the molecule is Cc1cnc(NC(=O)c2cc(OCc3ccccc3)cc(OC(C)C)c2)cn1. The van der Waals surface area contributed by atoms with Crippen molar-refractivity contribution in [1.82, 2.24) is 9.97 Å². The van der Waals surface area contributed by atoms with Crippen molar-refractivity contribution in [2.45, 2.75) is 33.5 Å². The fourth-order valence-corrected chi connectivity index (χ4v) is 2.51. The molecule has 0 bridgehead atoms. The van der Waals surface area contributed by atoms with Gasteiger partial charge in [0.15, 0.2) is 5.82 Å². The molecule has 0 fully saturated rings. The van der Waals surface area contributed by atoms with Gasteiger partial charge in [-0.05, 0) is 38.5 Å². The number of amides is 1. The lowest BCUT2D eigenvalue weighted by Crippen LogP contribution is -2.14. The minimum absolute atomic E-state index is 0.0248. The van der Waals surface area contributed by atoms with E-state index < -0.39 is 0 Å². The van der Waals surface area contributed by atoms with E-state index in [1.165, 1.54) is 6.20 Å². The van der Waals surface area contributed by atoms with E-state index in [0.29, 0.717) is 29.5 Å². The van der Waals surface area contributed by atoms with Crippen molar-refractivity contribution in [2.24, 2.45) is 0 Å². The van der Waals surface area contributed by atoms with E-state index in [4.69, 9.17) is 9.47 Å². The number of hydrogen-bond donors (Lipinski definition) is 1. The normalized spacial score (nSPS) is 10.6. The first-order valence-corrected chi connectivity index (χ1v) is 9.08. The molecule has 1 amide bonds. The molecule has 3 aromatic rings. The molecular formula is C22H23N3O3. The van der Waals surface area contributed by atoms with Crippen LogP contribution in [0, 0.1) is 6.92 Å². The largest absolute Gasteiger partial charge is 0.491 e. The van der Waals surface area contributed by atoms with Crippen LogP contribution in [0.15, 0.2) is 60.9 Å². The van der Waals surface area contributed by atoms with E-state index in [0.717, 1.165) is 11.3 Å². The van der Waals surface area contributed by atoms with Crippen LogP contribution < -0.4 is 14.8 Å². The second-order valence-corrected chi connectivity index (χ2v) is 6.63. The summed E-state index contributed by atoms with van der Waals surface area (Å²) in [5, 5.41) is 2.74. The number of nitrogens with zero attached hydrogens (tertiary/aromatic N) is 2. The van der Waals surface area contributed by atoms with Crippen LogP contribution in [0.25, 0.3) is 0 Å². The summed E-state index contributed by atoms with van der Waals surface area (Å²) in [6, 6.07) is 15.0. The average molecular weight is 377 g/mol. The van der Waals surface area contributed by atoms with E-state index in [2.05, 4.69) is 15.3 Å². The second kappa shape index (κ2) is 8.99. The molecule has 0 saturated carbocycles. The van der Waals surface area contributed by atoms with Crippen LogP contribution in [0.3, 0.4) is 0 Å². The maximum absolute atomic E-state index is 12.7. The first kappa shape index (κ1) is 19.4. The Balaban J connectivity index is 1.80. The zero-order chi connectivity index (χ0) is 19.9. The Bertz CT molecular complexity index is 926. The number of rotatable bonds is 7. The minimum Gasteiger partial charge on any atom is -0.491 e. The van der Waals surface area contributed by atoms with Crippen LogP contribution in [0.4, 0.5) is 5.82 Å². The fraction of sp³-hybridized carbons (Fsp3) is 0.227. The minimum atomic E-state index is -0.308. The van der Waals surface area contributed by atoms with Gasteiger partial charge in [-0.1, -0.05) is 30.3 Å². The van der Waals surface area contributed by atoms with Gasteiger partial charge in [-0.15, -0.1) is 0 Å². The highest BCUT2D eigenvalue weighted by Crippen LogP contribution is 2.25. The molecule has 0 aliphatic heterocycles. The third-order valence-electron chi connectivity index (χ3n) is 3.78. The molecule has 28 heavy (non-hydrogen) atoms. The Hall–Kier alpha value is -3.41. The monoisotopic (exact) mass is 377 g/mol. The third kappa shape index (κ3) is 5.54. The molecule has 6 nitrogen and oxygen atoms in total. The molecule has 144 valence electrons. The van der Waals surface area contributed by atoms with Gasteiger partial charge in [-0.3, -0.25) is 9.78 Å². The van der Waals surface area contributed by atoms with E-state index in [-0.39, 0.29) is 12.0 Å². The Labute approximate surface area is 164 Å². The van der Waals surface area contributed by atoms with Crippen molar-refractivity contribution < 1.29 is 14.3 Å². The zero-order valence-electron chi connectivity index (χ0n) is 16.2. The lowest BCUT2D eigenvalue weighted by atomic mass is 10.2. The number of carbonyl (C=O) groups is 1. The molecule has 0 unspecified atom stereocenters. The van der Waals surface area contributed by atoms with E-state index in [9.17, 15) is 4.79 Å². The fourth-order valence-electron chi connectivity index (χ4n) is 2.51. The molecule has 0 radical (unpaired) electrons. The van der Waals surface area contributed by atoms with Gasteiger partial charge < -0.3 is 14.8 Å². The van der Waals surface area contributed by atoms with Crippen molar-refractivity contribution in [3.8, 4) is 11.5 Å². The first-order valence-electron chi connectivity index (χ1n) is 9.08. The standard InChI is InChI=1S/C22H23N3O3/c1-15(2)28-20-10-18(22(26)25-21-13-23-16(3)12-24-21)9-19(11-20)27-14-17-7-5-4-6-8-17/h4-13,15H,14H2,1-3H3,(H,24,25,26). The van der Waals surface area contributed by atoms with Gasteiger partial charge in [0.1, 0.15) is 18.1 Å². The van der Waals surface area contributed by atoms with Crippen molar-refractivity contribution in [3.63, 3.8) is 0 Å². The summed E-state index contributed by atoms with van der Waals surface area (Å²) in [6.45, 7) is 6.09. The average Bonchev–Trinajstić information content (AvgIpc) is 2.68. The molecule has 1 N–H and O–H groups in total. The summed E-state index contributed by atoms with van der Waals surface area (Å²) in [6.07, 6.45) is 3.10. The van der Waals surface area contributed by atoms with Crippen LogP contribution >= 0.6 is 0 Å². The van der Waals surface area contributed by atoms with Crippen molar-refractivity contribution >= 4 is 11.7 Å². The van der Waals surface area contributed by atoms with E-state index in [1.807, 2.05) is 51.1 Å². The number of aryl methyl sites for hydroxylation is 1. The molecule has 0 aliphatic rings. The molecule has 1 aromatic heterocycles. The Morgan fingerprint density at radius 2 is 1.79 bits per heavy atom.